The Morgan fingerprint density at radius 3 is 0.722 bits per heavy atom. The fourth-order valence-electron chi connectivity index (χ4n) is 0. The van der Waals surface area contributed by atoms with E-state index in [2.05, 4.69) is 0 Å². The largest absolute Gasteiger partial charge is 1.00 e. The van der Waals surface area contributed by atoms with Crippen molar-refractivity contribution in [3.63, 3.8) is 0 Å². The molecule has 0 fully saturated rings. The number of carbonyl (C=O) groups excluding carboxylic acids is 1. The fraction of sp³-hybridized carbons (Fsp3) is 0.500. The van der Waals surface area contributed by atoms with Crippen LogP contribution in [0.25, 0.3) is 0 Å². The van der Waals surface area contributed by atoms with Crippen molar-refractivity contribution < 1.29 is 91.0 Å². The van der Waals surface area contributed by atoms with Gasteiger partial charge in [0.1, 0.15) is 0 Å². The van der Waals surface area contributed by atoms with Gasteiger partial charge < -0.3 is 25.2 Å². The first kappa shape index (κ1) is 36.1. The Balaban J connectivity index is -0.0000000257. The van der Waals surface area contributed by atoms with Gasteiger partial charge in [-0.3, -0.25) is 14.4 Å². The van der Waals surface area contributed by atoms with Crippen LogP contribution in [0.5, 0.6) is 0 Å². The summed E-state index contributed by atoms with van der Waals surface area (Å²) in [6.07, 6.45) is 0. The molecular formula is C8H18KO8P. The monoisotopic (exact) mass is 312 g/mol. The smallest absolute Gasteiger partial charge is 0.550 e. The third kappa shape index (κ3) is 1240000. The molecular weight excluding hydrogens is 294 g/mol. The third-order valence-corrected chi connectivity index (χ3v) is 0. The van der Waals surface area contributed by atoms with Gasteiger partial charge in [0.25, 0.3) is 17.9 Å². The summed E-state index contributed by atoms with van der Waals surface area (Å²) in [7, 11) is 0. The quantitative estimate of drug-likeness (QED) is 0.303. The molecule has 18 heavy (non-hydrogen) atoms. The van der Waals surface area contributed by atoms with Crippen molar-refractivity contribution in [2.75, 3.05) is 0 Å². The number of carboxylic acids is 4. The Labute approximate surface area is 151 Å². The summed E-state index contributed by atoms with van der Waals surface area (Å²) in [5.74, 6) is -3.58. The standard InChI is InChI=1S/4C2H4O2.K.H3P/c4*1-2(3)4;;/h4*1H3,(H,3,4);;1H3/q;;;;+1;/p-1. The van der Waals surface area contributed by atoms with Crippen LogP contribution in [0.2, 0.25) is 0 Å². The molecule has 0 spiro atoms. The Hall–Kier alpha value is -0.0536. The second-order valence-corrected chi connectivity index (χ2v) is 2.05. The molecule has 0 aliphatic rings. The van der Waals surface area contributed by atoms with Crippen molar-refractivity contribution in [2.24, 2.45) is 0 Å². The molecule has 0 saturated heterocycles. The molecule has 1 atom stereocenters. The zero-order valence-electron chi connectivity index (χ0n) is 11.1. The van der Waals surface area contributed by atoms with Crippen LogP contribution in [0.1, 0.15) is 27.7 Å². The molecule has 0 aromatic carbocycles. The van der Waals surface area contributed by atoms with E-state index in [4.69, 9.17) is 39.6 Å². The predicted molar refractivity (Wildman–Crippen MR) is 61.7 cm³/mol. The van der Waals surface area contributed by atoms with Gasteiger partial charge in [-0.05, 0) is 6.92 Å². The van der Waals surface area contributed by atoms with E-state index in [1.165, 1.54) is 0 Å². The van der Waals surface area contributed by atoms with Crippen molar-refractivity contribution >= 4 is 33.8 Å². The van der Waals surface area contributed by atoms with Crippen molar-refractivity contribution in [2.45, 2.75) is 27.7 Å². The van der Waals surface area contributed by atoms with Crippen molar-refractivity contribution in [3.8, 4) is 0 Å². The zero-order chi connectivity index (χ0) is 14.3. The van der Waals surface area contributed by atoms with Crippen LogP contribution >= 0.6 is 9.90 Å². The van der Waals surface area contributed by atoms with E-state index in [1.54, 1.807) is 0 Å². The molecule has 10 heteroatoms. The molecule has 104 valence electrons. The minimum atomic E-state index is -1.08. The van der Waals surface area contributed by atoms with E-state index < -0.39 is 23.9 Å². The second kappa shape index (κ2) is 30.2. The minimum absolute atomic E-state index is 0. The molecule has 0 heterocycles. The number of aliphatic carboxylic acids is 4. The summed E-state index contributed by atoms with van der Waals surface area (Å²) in [5.41, 5.74) is 0. The van der Waals surface area contributed by atoms with Gasteiger partial charge in [-0.15, -0.1) is 0 Å². The first-order chi connectivity index (χ1) is 6.93. The summed E-state index contributed by atoms with van der Waals surface area (Å²) < 4.78 is 0. The van der Waals surface area contributed by atoms with Gasteiger partial charge in [0.15, 0.2) is 0 Å². The van der Waals surface area contributed by atoms with Crippen LogP contribution in [0.4, 0.5) is 0 Å². The minimum Gasteiger partial charge on any atom is -0.550 e. The normalized spacial score (nSPS) is 5.56. The average molecular weight is 312 g/mol. The molecule has 0 bridgehead atoms. The van der Waals surface area contributed by atoms with E-state index in [9.17, 15) is 0 Å². The van der Waals surface area contributed by atoms with E-state index >= 15 is 0 Å². The molecule has 3 N–H and O–H groups in total. The van der Waals surface area contributed by atoms with Gasteiger partial charge in [0, 0.05) is 26.7 Å². The average Bonchev–Trinajstić information content (AvgIpc) is 1.76. The Morgan fingerprint density at radius 1 is 0.722 bits per heavy atom. The Bertz CT molecular complexity index is 167. The summed E-state index contributed by atoms with van der Waals surface area (Å²) in [6.45, 7) is 4.22. The van der Waals surface area contributed by atoms with Crippen LogP contribution in [0.3, 0.4) is 0 Å². The topological polar surface area (TPSA) is 152 Å². The molecule has 0 aromatic heterocycles. The maximum Gasteiger partial charge on any atom is 1.00 e. The number of rotatable bonds is 0. The molecule has 0 aliphatic heterocycles. The van der Waals surface area contributed by atoms with Crippen molar-refractivity contribution in [3.05, 3.63) is 0 Å². The van der Waals surface area contributed by atoms with E-state index in [-0.39, 0.29) is 61.3 Å². The number of hydrogen-bond acceptors (Lipinski definition) is 5. The fourth-order valence-corrected chi connectivity index (χ4v) is 0. The van der Waals surface area contributed by atoms with Crippen molar-refractivity contribution in [1.29, 1.82) is 0 Å². The van der Waals surface area contributed by atoms with E-state index in [0.717, 1.165) is 27.7 Å². The summed E-state index contributed by atoms with van der Waals surface area (Å²) in [4.78, 5) is 35.9. The number of hydrogen-bond donors (Lipinski definition) is 3. The molecule has 0 aromatic rings. The van der Waals surface area contributed by atoms with E-state index in [1.807, 2.05) is 0 Å². The maximum atomic E-state index is 9.00. The first-order valence-electron chi connectivity index (χ1n) is 3.69. The number of carboxylic acid groups (broad SMARTS) is 4. The van der Waals surface area contributed by atoms with Crippen LogP contribution < -0.4 is 56.5 Å². The second-order valence-electron chi connectivity index (χ2n) is 2.05. The van der Waals surface area contributed by atoms with Gasteiger partial charge in [-0.2, -0.15) is 9.90 Å². The van der Waals surface area contributed by atoms with Crippen LogP contribution in [-0.4, -0.2) is 39.2 Å². The zero-order valence-corrected chi connectivity index (χ0v) is 15.6. The Morgan fingerprint density at radius 2 is 0.722 bits per heavy atom. The molecule has 0 saturated carbocycles. The van der Waals surface area contributed by atoms with Gasteiger partial charge in [-0.25, -0.2) is 0 Å². The molecule has 0 radical (unpaired) electrons. The summed E-state index contributed by atoms with van der Waals surface area (Å²) in [6, 6.07) is 0. The van der Waals surface area contributed by atoms with E-state index in [0.29, 0.717) is 0 Å². The van der Waals surface area contributed by atoms with Gasteiger partial charge in [0.2, 0.25) is 0 Å². The van der Waals surface area contributed by atoms with Crippen molar-refractivity contribution in [1.82, 2.24) is 0 Å². The summed E-state index contributed by atoms with van der Waals surface area (Å²) in [5, 5.41) is 31.1. The third-order valence-electron chi connectivity index (χ3n) is 0. The summed E-state index contributed by atoms with van der Waals surface area (Å²) >= 11 is 0. The van der Waals surface area contributed by atoms with Crippen LogP contribution in [-0.2, 0) is 19.2 Å². The SMILES string of the molecule is CC(=O)O.CC(=O)O.CC(=O)O.CC(=O)[O-].P.[K+]. The molecule has 8 nitrogen and oxygen atoms in total. The van der Waals surface area contributed by atoms with Gasteiger partial charge in [-0.1, -0.05) is 0 Å². The molecule has 1 unspecified atom stereocenters. The first-order valence-corrected chi connectivity index (χ1v) is 3.69. The predicted octanol–water partition coefficient (Wildman–Crippen LogP) is -3.91. The molecule has 0 amide bonds. The van der Waals surface area contributed by atoms with Gasteiger partial charge in [0.05, 0.1) is 0 Å². The Kier molecular flexibility index (Phi) is 60.6. The maximum absolute atomic E-state index is 9.00. The van der Waals surface area contributed by atoms with Crippen LogP contribution in [0.15, 0.2) is 0 Å². The molecule has 0 aliphatic carbocycles. The molecule has 0 rings (SSSR count). The van der Waals surface area contributed by atoms with Gasteiger partial charge >= 0.3 is 51.4 Å². The van der Waals surface area contributed by atoms with Crippen LogP contribution in [0, 0.1) is 0 Å². The number of carbonyl (C=O) groups is 4.